The van der Waals surface area contributed by atoms with E-state index in [1.807, 2.05) is 7.05 Å². The fourth-order valence-corrected chi connectivity index (χ4v) is 2.25. The molecule has 1 aliphatic rings. The maximum atomic E-state index is 9.13. The molecule has 110 valence electrons. The molecule has 0 spiro atoms. The van der Waals surface area contributed by atoms with Gasteiger partial charge in [0.25, 0.3) is 0 Å². The third-order valence-electron chi connectivity index (χ3n) is 3.20. The number of aryl methyl sites for hydroxylation is 1. The second kappa shape index (κ2) is 7.24. The predicted molar refractivity (Wildman–Crippen MR) is 72.6 cm³/mol. The normalized spacial score (nSPS) is 19.1. The van der Waals surface area contributed by atoms with E-state index in [-0.39, 0.29) is 6.10 Å². The predicted octanol–water partition coefficient (Wildman–Crippen LogP) is 0.160. The molecule has 1 fully saturated rings. The monoisotopic (exact) mass is 280 g/mol. The van der Waals surface area contributed by atoms with Gasteiger partial charge in [0.2, 0.25) is 0 Å². The lowest BCUT2D eigenvalue weighted by molar-refractivity contribution is -0.0332. The van der Waals surface area contributed by atoms with E-state index in [9.17, 15) is 0 Å². The molecule has 0 aliphatic carbocycles. The molecule has 7 heteroatoms. The average Bonchev–Trinajstić information content (AvgIpc) is 2.85. The van der Waals surface area contributed by atoms with Gasteiger partial charge in [0.1, 0.15) is 17.5 Å². The van der Waals surface area contributed by atoms with Crippen molar-refractivity contribution in [2.75, 3.05) is 51.5 Å². The van der Waals surface area contributed by atoms with Gasteiger partial charge < -0.3 is 19.1 Å². The first-order valence-corrected chi connectivity index (χ1v) is 6.61. The fraction of sp³-hybridized carbons (Fsp3) is 0.692. The Hall–Kier alpha value is -1.62. The molecule has 0 bridgehead atoms. The number of hydrogen-bond acceptors (Lipinski definition) is 6. The molecule has 1 aromatic rings. The summed E-state index contributed by atoms with van der Waals surface area (Å²) in [7, 11) is 3.49. The summed E-state index contributed by atoms with van der Waals surface area (Å²) in [6.07, 6.45) is 1.59. The van der Waals surface area contributed by atoms with Gasteiger partial charge in [-0.15, -0.1) is 0 Å². The molecule has 7 nitrogen and oxygen atoms in total. The first-order valence-electron chi connectivity index (χ1n) is 6.61. The Balaban J connectivity index is 1.93. The summed E-state index contributed by atoms with van der Waals surface area (Å²) in [6.45, 7) is 3.74. The summed E-state index contributed by atoms with van der Waals surface area (Å²) in [6, 6.07) is 2.17. The second-order valence-corrected chi connectivity index (χ2v) is 4.62. The van der Waals surface area contributed by atoms with E-state index in [4.69, 9.17) is 19.5 Å². The van der Waals surface area contributed by atoms with Crippen LogP contribution in [0.15, 0.2) is 6.20 Å². The highest BCUT2D eigenvalue weighted by molar-refractivity contribution is 5.53. The van der Waals surface area contributed by atoms with Gasteiger partial charge in [-0.25, -0.2) is 0 Å². The summed E-state index contributed by atoms with van der Waals surface area (Å²) >= 11 is 0. The maximum absolute atomic E-state index is 9.13. The van der Waals surface area contributed by atoms with Gasteiger partial charge in [-0.05, 0) is 0 Å². The van der Waals surface area contributed by atoms with Crippen molar-refractivity contribution < 1.29 is 14.2 Å². The van der Waals surface area contributed by atoms with E-state index in [0.29, 0.717) is 38.5 Å². The summed E-state index contributed by atoms with van der Waals surface area (Å²) in [4.78, 5) is 2.12. The second-order valence-electron chi connectivity index (χ2n) is 4.62. The van der Waals surface area contributed by atoms with Crippen LogP contribution in [0.25, 0.3) is 0 Å². The molecule has 0 aromatic carbocycles. The number of nitrogens with zero attached hydrogens (tertiary/aromatic N) is 4. The summed E-state index contributed by atoms with van der Waals surface area (Å²) in [5, 5.41) is 13.3. The van der Waals surface area contributed by atoms with Crippen LogP contribution in [0.5, 0.6) is 0 Å². The molecule has 1 unspecified atom stereocenters. The first-order chi connectivity index (χ1) is 9.76. The fourth-order valence-electron chi connectivity index (χ4n) is 2.25. The Morgan fingerprint density at radius 2 is 2.40 bits per heavy atom. The zero-order valence-electron chi connectivity index (χ0n) is 11.9. The molecule has 1 aliphatic heterocycles. The van der Waals surface area contributed by atoms with Crippen molar-refractivity contribution >= 4 is 5.82 Å². The maximum Gasteiger partial charge on any atom is 0.144 e. The third-order valence-corrected chi connectivity index (χ3v) is 3.20. The van der Waals surface area contributed by atoms with Crippen LogP contribution in [0.4, 0.5) is 5.82 Å². The molecule has 1 atom stereocenters. The highest BCUT2D eigenvalue weighted by atomic mass is 16.5. The topological polar surface area (TPSA) is 72.5 Å². The summed E-state index contributed by atoms with van der Waals surface area (Å²) in [5.41, 5.74) is 0.591. The van der Waals surface area contributed by atoms with Crippen LogP contribution >= 0.6 is 0 Å². The molecule has 1 saturated heterocycles. The van der Waals surface area contributed by atoms with Crippen LogP contribution in [0.3, 0.4) is 0 Å². The summed E-state index contributed by atoms with van der Waals surface area (Å²) < 4.78 is 17.8. The number of aromatic nitrogens is 2. The number of hydrogen-bond donors (Lipinski definition) is 0. The van der Waals surface area contributed by atoms with E-state index in [2.05, 4.69) is 16.1 Å². The number of ether oxygens (including phenoxy) is 3. The molecule has 2 heterocycles. The largest absolute Gasteiger partial charge is 0.382 e. The van der Waals surface area contributed by atoms with Gasteiger partial charge in [-0.1, -0.05) is 0 Å². The molecular formula is C13H20N4O3. The number of anilines is 1. The average molecular weight is 280 g/mol. The zero-order valence-corrected chi connectivity index (χ0v) is 11.9. The zero-order chi connectivity index (χ0) is 14.4. The minimum Gasteiger partial charge on any atom is -0.382 e. The van der Waals surface area contributed by atoms with Crippen molar-refractivity contribution in [2.24, 2.45) is 7.05 Å². The molecule has 20 heavy (non-hydrogen) atoms. The van der Waals surface area contributed by atoms with Crippen molar-refractivity contribution in [3.05, 3.63) is 11.8 Å². The Bertz CT molecular complexity index is 469. The van der Waals surface area contributed by atoms with Crippen molar-refractivity contribution in [3.8, 4) is 6.07 Å². The van der Waals surface area contributed by atoms with Crippen molar-refractivity contribution in [2.45, 2.75) is 6.10 Å². The van der Waals surface area contributed by atoms with Gasteiger partial charge in [-0.2, -0.15) is 10.4 Å². The molecule has 0 radical (unpaired) electrons. The standard InChI is InChI=1S/C13H20N4O3/c1-16-13(11(7-14)8-15-16)17-3-4-20-12(9-17)10-19-6-5-18-2/h8,12H,3-6,9-10H2,1-2H3. The molecule has 0 saturated carbocycles. The van der Waals surface area contributed by atoms with Gasteiger partial charge in [0.05, 0.1) is 38.7 Å². The molecular weight excluding hydrogens is 260 g/mol. The molecule has 2 rings (SSSR count). The smallest absolute Gasteiger partial charge is 0.144 e. The highest BCUT2D eigenvalue weighted by Gasteiger charge is 2.24. The lowest BCUT2D eigenvalue weighted by Crippen LogP contribution is -2.45. The first kappa shape index (κ1) is 14.8. The summed E-state index contributed by atoms with van der Waals surface area (Å²) in [5.74, 6) is 0.845. The number of methoxy groups -OCH3 is 1. The van der Waals surface area contributed by atoms with Crippen molar-refractivity contribution in [1.29, 1.82) is 5.26 Å². The van der Waals surface area contributed by atoms with Gasteiger partial charge in [0, 0.05) is 27.2 Å². The van der Waals surface area contributed by atoms with E-state index in [1.165, 1.54) is 0 Å². The van der Waals surface area contributed by atoms with Gasteiger partial charge in [0.15, 0.2) is 0 Å². The van der Waals surface area contributed by atoms with E-state index < -0.39 is 0 Å². The van der Waals surface area contributed by atoms with Crippen LogP contribution in [0.1, 0.15) is 5.56 Å². The minimum atomic E-state index is 0.00190. The Kier molecular flexibility index (Phi) is 5.35. The van der Waals surface area contributed by atoms with Gasteiger partial charge >= 0.3 is 0 Å². The Morgan fingerprint density at radius 1 is 1.55 bits per heavy atom. The minimum absolute atomic E-state index is 0.00190. The van der Waals surface area contributed by atoms with Crippen LogP contribution in [-0.2, 0) is 21.3 Å². The number of nitriles is 1. The van der Waals surface area contributed by atoms with E-state index >= 15 is 0 Å². The lowest BCUT2D eigenvalue weighted by atomic mass is 10.2. The van der Waals surface area contributed by atoms with E-state index in [0.717, 1.165) is 12.4 Å². The Morgan fingerprint density at radius 3 is 3.15 bits per heavy atom. The number of morpholine rings is 1. The lowest BCUT2D eigenvalue weighted by Gasteiger charge is -2.34. The SMILES string of the molecule is COCCOCC1CN(c2c(C#N)cnn2C)CCO1. The Labute approximate surface area is 118 Å². The molecule has 1 aromatic heterocycles. The van der Waals surface area contributed by atoms with Gasteiger partial charge in [-0.3, -0.25) is 4.68 Å². The number of rotatable bonds is 6. The van der Waals surface area contributed by atoms with Crippen LogP contribution < -0.4 is 4.90 Å². The quantitative estimate of drug-likeness (QED) is 0.691. The van der Waals surface area contributed by atoms with Crippen LogP contribution in [0.2, 0.25) is 0 Å². The van der Waals surface area contributed by atoms with Crippen LogP contribution in [0, 0.1) is 11.3 Å². The third kappa shape index (κ3) is 3.48. The molecule has 0 amide bonds. The molecule has 0 N–H and O–H groups in total. The van der Waals surface area contributed by atoms with Crippen molar-refractivity contribution in [3.63, 3.8) is 0 Å². The van der Waals surface area contributed by atoms with Crippen LogP contribution in [-0.4, -0.2) is 62.5 Å². The van der Waals surface area contributed by atoms with E-state index in [1.54, 1.807) is 18.0 Å². The van der Waals surface area contributed by atoms with Crippen molar-refractivity contribution in [1.82, 2.24) is 9.78 Å². The highest BCUT2D eigenvalue weighted by Crippen LogP contribution is 2.21.